The molecule has 1 unspecified atom stereocenters. The standard InChI is InChI=1S/C20H28ClN3O2S/c1-4-6-11-22-20-24(12-7-5-2)19(26)17(27-20)13-18(25)23-16-10-8-9-15(21)14(16)3/h8-10,17H,4-7,11-13H2,1-3H3,(H,23,25). The minimum Gasteiger partial charge on any atom is -0.326 e. The largest absolute Gasteiger partial charge is 0.326 e. The molecule has 2 amide bonds. The predicted octanol–water partition coefficient (Wildman–Crippen LogP) is 4.88. The molecule has 1 saturated heterocycles. The van der Waals surface area contributed by atoms with Crippen LogP contribution in [0.2, 0.25) is 5.02 Å². The fraction of sp³-hybridized carbons (Fsp3) is 0.550. The molecule has 148 valence electrons. The van der Waals surface area contributed by atoms with E-state index in [1.54, 1.807) is 17.0 Å². The third-order valence-corrected chi connectivity index (χ3v) is 6.05. The second kappa shape index (κ2) is 10.7. The third kappa shape index (κ3) is 5.98. The maximum absolute atomic E-state index is 12.8. The van der Waals surface area contributed by atoms with Gasteiger partial charge in [-0.1, -0.05) is 56.1 Å². The van der Waals surface area contributed by atoms with Crippen molar-refractivity contribution in [2.24, 2.45) is 4.99 Å². The van der Waals surface area contributed by atoms with E-state index in [-0.39, 0.29) is 18.2 Å². The van der Waals surface area contributed by atoms with Gasteiger partial charge in [-0.15, -0.1) is 0 Å². The van der Waals surface area contributed by atoms with Crippen LogP contribution < -0.4 is 5.32 Å². The number of nitrogens with one attached hydrogen (secondary N) is 1. The SMILES string of the molecule is CCCCN=C1SC(CC(=O)Nc2cccc(Cl)c2C)C(=O)N1CCCC. The van der Waals surface area contributed by atoms with E-state index < -0.39 is 5.25 Å². The topological polar surface area (TPSA) is 61.8 Å². The number of anilines is 1. The molecule has 1 N–H and O–H groups in total. The maximum Gasteiger partial charge on any atom is 0.242 e. The van der Waals surface area contributed by atoms with Crippen molar-refractivity contribution in [3.63, 3.8) is 0 Å². The van der Waals surface area contributed by atoms with Gasteiger partial charge in [-0.05, 0) is 37.5 Å². The molecule has 27 heavy (non-hydrogen) atoms. The van der Waals surface area contributed by atoms with Gasteiger partial charge < -0.3 is 5.32 Å². The molecular formula is C20H28ClN3O2S. The molecule has 1 fully saturated rings. The van der Waals surface area contributed by atoms with Crippen LogP contribution in [0, 0.1) is 6.92 Å². The number of carbonyl (C=O) groups excluding carboxylic acids is 2. The monoisotopic (exact) mass is 409 g/mol. The molecule has 2 rings (SSSR count). The summed E-state index contributed by atoms with van der Waals surface area (Å²) < 4.78 is 0. The molecule has 7 heteroatoms. The van der Waals surface area contributed by atoms with Gasteiger partial charge in [-0.2, -0.15) is 0 Å². The number of rotatable bonds is 9. The highest BCUT2D eigenvalue weighted by Gasteiger charge is 2.38. The number of amides is 2. The van der Waals surface area contributed by atoms with Crippen LogP contribution in [-0.2, 0) is 9.59 Å². The van der Waals surface area contributed by atoms with Crippen molar-refractivity contribution < 1.29 is 9.59 Å². The van der Waals surface area contributed by atoms with Gasteiger partial charge in [-0.3, -0.25) is 19.5 Å². The average Bonchev–Trinajstić information content (AvgIpc) is 2.92. The van der Waals surface area contributed by atoms with Crippen molar-refractivity contribution in [3.8, 4) is 0 Å². The first-order valence-corrected chi connectivity index (χ1v) is 10.8. The number of aliphatic imine (C=N–C) groups is 1. The molecule has 0 aliphatic carbocycles. The molecule has 0 radical (unpaired) electrons. The van der Waals surface area contributed by atoms with Crippen molar-refractivity contribution in [1.82, 2.24) is 4.90 Å². The first kappa shape index (κ1) is 21.8. The fourth-order valence-electron chi connectivity index (χ4n) is 2.73. The van der Waals surface area contributed by atoms with Gasteiger partial charge in [0.15, 0.2) is 5.17 Å². The van der Waals surface area contributed by atoms with Crippen LogP contribution in [0.5, 0.6) is 0 Å². The lowest BCUT2D eigenvalue weighted by atomic mass is 10.2. The number of thioether (sulfide) groups is 1. The number of benzene rings is 1. The van der Waals surface area contributed by atoms with Gasteiger partial charge in [-0.25, -0.2) is 0 Å². The van der Waals surface area contributed by atoms with Crippen molar-refractivity contribution >= 4 is 46.0 Å². The van der Waals surface area contributed by atoms with E-state index in [0.717, 1.165) is 43.0 Å². The Morgan fingerprint density at radius 3 is 2.74 bits per heavy atom. The van der Waals surface area contributed by atoms with Crippen LogP contribution in [0.3, 0.4) is 0 Å². The second-order valence-corrected chi connectivity index (χ2v) is 8.21. The molecule has 5 nitrogen and oxygen atoms in total. The van der Waals surface area contributed by atoms with E-state index in [0.29, 0.717) is 17.3 Å². The first-order valence-electron chi connectivity index (χ1n) is 9.55. The summed E-state index contributed by atoms with van der Waals surface area (Å²) in [5, 5.41) is 3.83. The van der Waals surface area contributed by atoms with Gasteiger partial charge in [0.25, 0.3) is 0 Å². The Hall–Kier alpha value is -1.53. The highest BCUT2D eigenvalue weighted by atomic mass is 35.5. The molecule has 1 aliphatic rings. The second-order valence-electron chi connectivity index (χ2n) is 6.63. The van der Waals surface area contributed by atoms with Crippen LogP contribution in [0.4, 0.5) is 5.69 Å². The molecule has 1 atom stereocenters. The summed E-state index contributed by atoms with van der Waals surface area (Å²) in [6, 6.07) is 5.40. The van der Waals surface area contributed by atoms with Gasteiger partial charge in [0.2, 0.25) is 11.8 Å². The lowest BCUT2D eigenvalue weighted by molar-refractivity contribution is -0.128. The third-order valence-electron chi connectivity index (χ3n) is 4.43. The Labute approximate surface area is 170 Å². The zero-order valence-corrected chi connectivity index (χ0v) is 17.8. The molecule has 1 aliphatic heterocycles. The Balaban J connectivity index is 2.04. The molecule has 1 aromatic rings. The molecule has 0 spiro atoms. The summed E-state index contributed by atoms with van der Waals surface area (Å²) >= 11 is 7.52. The van der Waals surface area contributed by atoms with E-state index in [2.05, 4.69) is 24.2 Å². The average molecular weight is 410 g/mol. The molecule has 0 aromatic heterocycles. The Morgan fingerprint density at radius 2 is 2.04 bits per heavy atom. The molecule has 1 aromatic carbocycles. The quantitative estimate of drug-likeness (QED) is 0.591. The summed E-state index contributed by atoms with van der Waals surface area (Å²) in [7, 11) is 0. The normalized spacial score (nSPS) is 18.4. The summed E-state index contributed by atoms with van der Waals surface area (Å²) in [6.45, 7) is 7.46. The molecule has 1 heterocycles. The number of nitrogens with zero attached hydrogens (tertiary/aromatic N) is 2. The summed E-state index contributed by atoms with van der Waals surface area (Å²) in [5.74, 6) is -0.196. The van der Waals surface area contributed by atoms with E-state index in [9.17, 15) is 9.59 Å². The van der Waals surface area contributed by atoms with E-state index in [4.69, 9.17) is 11.6 Å². The van der Waals surface area contributed by atoms with Crippen molar-refractivity contribution in [1.29, 1.82) is 0 Å². The lowest BCUT2D eigenvalue weighted by Gasteiger charge is -2.16. The zero-order valence-electron chi connectivity index (χ0n) is 16.3. The predicted molar refractivity (Wildman–Crippen MR) is 115 cm³/mol. The lowest BCUT2D eigenvalue weighted by Crippen LogP contribution is -2.34. The van der Waals surface area contributed by atoms with Crippen LogP contribution in [0.25, 0.3) is 0 Å². The molecule has 0 bridgehead atoms. The number of hydrogen-bond donors (Lipinski definition) is 1. The summed E-state index contributed by atoms with van der Waals surface area (Å²) in [4.78, 5) is 31.6. The number of amidine groups is 1. The number of halogens is 1. The van der Waals surface area contributed by atoms with Gasteiger partial charge in [0.1, 0.15) is 5.25 Å². The highest BCUT2D eigenvalue weighted by molar-refractivity contribution is 8.15. The van der Waals surface area contributed by atoms with Crippen molar-refractivity contribution in [2.45, 2.75) is 58.1 Å². The number of unbranched alkanes of at least 4 members (excludes halogenated alkanes) is 2. The van der Waals surface area contributed by atoms with E-state index in [1.165, 1.54) is 11.8 Å². The Bertz CT molecular complexity index is 708. The van der Waals surface area contributed by atoms with Gasteiger partial charge in [0.05, 0.1) is 0 Å². The van der Waals surface area contributed by atoms with Crippen molar-refractivity contribution in [2.75, 3.05) is 18.4 Å². The Kier molecular flexibility index (Phi) is 8.64. The molecular weight excluding hydrogens is 382 g/mol. The molecule has 0 saturated carbocycles. The van der Waals surface area contributed by atoms with Crippen molar-refractivity contribution in [3.05, 3.63) is 28.8 Å². The smallest absolute Gasteiger partial charge is 0.242 e. The van der Waals surface area contributed by atoms with Crippen LogP contribution in [0.15, 0.2) is 23.2 Å². The number of hydrogen-bond acceptors (Lipinski definition) is 4. The van der Waals surface area contributed by atoms with Gasteiger partial charge >= 0.3 is 0 Å². The zero-order chi connectivity index (χ0) is 19.8. The highest BCUT2D eigenvalue weighted by Crippen LogP contribution is 2.31. The van der Waals surface area contributed by atoms with Crippen LogP contribution in [-0.4, -0.2) is 40.2 Å². The first-order chi connectivity index (χ1) is 13.0. The van der Waals surface area contributed by atoms with Crippen LogP contribution in [0.1, 0.15) is 51.5 Å². The fourth-order valence-corrected chi connectivity index (χ4v) is 4.09. The number of carbonyl (C=O) groups is 2. The minimum absolute atomic E-state index is 0.0123. The van der Waals surface area contributed by atoms with Crippen LogP contribution >= 0.6 is 23.4 Å². The Morgan fingerprint density at radius 1 is 1.30 bits per heavy atom. The van der Waals surface area contributed by atoms with E-state index in [1.807, 2.05) is 13.0 Å². The van der Waals surface area contributed by atoms with E-state index >= 15 is 0 Å². The summed E-state index contributed by atoms with van der Waals surface area (Å²) in [6.07, 6.45) is 4.13. The van der Waals surface area contributed by atoms with Gasteiger partial charge in [0, 0.05) is 30.2 Å². The minimum atomic E-state index is -0.415. The maximum atomic E-state index is 12.8. The summed E-state index contributed by atoms with van der Waals surface area (Å²) in [5.41, 5.74) is 1.51.